The number of amides is 4. The summed E-state index contributed by atoms with van der Waals surface area (Å²) < 4.78 is 0. The van der Waals surface area contributed by atoms with E-state index in [0.717, 1.165) is 61.2 Å². The fourth-order valence-electron chi connectivity index (χ4n) is 6.88. The second-order valence-corrected chi connectivity index (χ2v) is 11.8. The van der Waals surface area contributed by atoms with Crippen LogP contribution in [0.25, 0.3) is 0 Å². The Kier molecular flexibility index (Phi) is 6.82. The van der Waals surface area contributed by atoms with Gasteiger partial charge in [0.15, 0.2) is 0 Å². The van der Waals surface area contributed by atoms with Gasteiger partial charge in [-0.05, 0) is 91.2 Å². The Morgan fingerprint density at radius 1 is 0.810 bits per heavy atom. The fraction of sp³-hybridized carbons (Fsp3) is 0.364. The number of hydrogen-bond donors (Lipinski definition) is 1. The number of pyridine rings is 1. The van der Waals surface area contributed by atoms with E-state index in [9.17, 15) is 19.2 Å². The van der Waals surface area contributed by atoms with Crippen molar-refractivity contribution >= 4 is 29.4 Å². The van der Waals surface area contributed by atoms with Crippen LogP contribution in [0.4, 0.5) is 5.82 Å². The van der Waals surface area contributed by atoms with Gasteiger partial charge >= 0.3 is 0 Å². The molecule has 7 rings (SSSR count). The highest BCUT2D eigenvalue weighted by Crippen LogP contribution is 2.34. The minimum atomic E-state index is -0.591. The summed E-state index contributed by atoms with van der Waals surface area (Å²) in [5.74, 6) is 0.327. The third-order valence-corrected chi connectivity index (χ3v) is 9.19. The van der Waals surface area contributed by atoms with Gasteiger partial charge in [0, 0.05) is 43.4 Å². The molecule has 42 heavy (non-hydrogen) atoms. The van der Waals surface area contributed by atoms with Gasteiger partial charge in [-0.25, -0.2) is 4.98 Å². The Balaban J connectivity index is 0.982. The molecule has 2 fully saturated rings. The zero-order chi connectivity index (χ0) is 28.8. The van der Waals surface area contributed by atoms with Crippen molar-refractivity contribution in [3.8, 4) is 0 Å². The third kappa shape index (κ3) is 4.87. The van der Waals surface area contributed by atoms with Gasteiger partial charge < -0.3 is 4.90 Å². The third-order valence-electron chi connectivity index (χ3n) is 9.19. The van der Waals surface area contributed by atoms with Crippen LogP contribution in [0.1, 0.15) is 74.6 Å². The lowest BCUT2D eigenvalue weighted by Gasteiger charge is -2.33. The van der Waals surface area contributed by atoms with Crippen LogP contribution in [0.3, 0.4) is 0 Å². The molecule has 1 atom stereocenters. The average Bonchev–Trinajstić information content (AvgIpc) is 3.33. The Hall–Kier alpha value is -4.37. The first-order valence-corrected chi connectivity index (χ1v) is 14.8. The monoisotopic (exact) mass is 563 g/mol. The van der Waals surface area contributed by atoms with Gasteiger partial charge in [0.1, 0.15) is 11.9 Å². The van der Waals surface area contributed by atoms with E-state index in [2.05, 4.69) is 45.5 Å². The van der Waals surface area contributed by atoms with E-state index in [1.165, 1.54) is 5.56 Å². The van der Waals surface area contributed by atoms with E-state index in [0.29, 0.717) is 36.8 Å². The number of aromatic nitrogens is 1. The maximum Gasteiger partial charge on any atom is 0.259 e. The molecule has 0 radical (unpaired) electrons. The van der Waals surface area contributed by atoms with Crippen molar-refractivity contribution in [1.29, 1.82) is 0 Å². The van der Waals surface area contributed by atoms with Crippen LogP contribution < -0.4 is 10.2 Å². The van der Waals surface area contributed by atoms with Crippen molar-refractivity contribution in [2.75, 3.05) is 24.5 Å². The summed E-state index contributed by atoms with van der Waals surface area (Å²) in [4.78, 5) is 60.5. The first-order valence-electron chi connectivity index (χ1n) is 14.8. The van der Waals surface area contributed by atoms with Crippen LogP contribution in [-0.2, 0) is 29.1 Å². The molecule has 9 nitrogen and oxygen atoms in total. The molecule has 0 spiro atoms. The van der Waals surface area contributed by atoms with E-state index in [1.54, 1.807) is 16.0 Å². The van der Waals surface area contributed by atoms with Gasteiger partial charge in [-0.2, -0.15) is 0 Å². The summed E-state index contributed by atoms with van der Waals surface area (Å²) in [6.45, 7) is 3.75. The molecule has 1 unspecified atom stereocenters. The number of carbonyl (C=O) groups is 4. The van der Waals surface area contributed by atoms with Gasteiger partial charge in [-0.15, -0.1) is 0 Å². The number of benzene rings is 2. The maximum atomic E-state index is 13.3. The Bertz CT molecular complexity index is 1580. The molecule has 214 valence electrons. The fourth-order valence-corrected chi connectivity index (χ4v) is 6.88. The molecule has 0 aliphatic carbocycles. The first-order chi connectivity index (χ1) is 20.4. The highest BCUT2D eigenvalue weighted by molar-refractivity contribution is 6.08. The minimum absolute atomic E-state index is 0.0155. The first kappa shape index (κ1) is 26.5. The lowest BCUT2D eigenvalue weighted by atomic mass is 9.87. The summed E-state index contributed by atoms with van der Waals surface area (Å²) >= 11 is 0. The molecule has 4 aliphatic heterocycles. The standard InChI is InChI=1S/C33H33N5O4/c39-30-9-8-28(31(40)35-30)38-20-25-18-24(6-7-26(25)32(38)41)22-10-14-36(15-11-22)19-21-4-5-23-12-16-37(33(42)27(23)17-21)29-3-1-2-13-34-29/h1-7,13,17-18,22,28H,8-12,14-16,19-20H2,(H,35,39,40). The maximum absolute atomic E-state index is 13.3. The highest BCUT2D eigenvalue weighted by atomic mass is 16.2. The lowest BCUT2D eigenvalue weighted by Crippen LogP contribution is -2.52. The lowest BCUT2D eigenvalue weighted by molar-refractivity contribution is -0.136. The molecule has 3 aromatic rings. The summed E-state index contributed by atoms with van der Waals surface area (Å²) in [6, 6.07) is 17.5. The Morgan fingerprint density at radius 2 is 1.67 bits per heavy atom. The van der Waals surface area contributed by atoms with Gasteiger partial charge in [0.25, 0.3) is 11.8 Å². The largest absolute Gasteiger partial charge is 0.322 e. The van der Waals surface area contributed by atoms with Gasteiger partial charge in [0.05, 0.1) is 0 Å². The Labute approximate surface area is 244 Å². The molecular weight excluding hydrogens is 530 g/mol. The van der Waals surface area contributed by atoms with Crippen LogP contribution in [0.5, 0.6) is 0 Å². The number of nitrogens with one attached hydrogen (secondary N) is 1. The molecule has 0 saturated carbocycles. The smallest absolute Gasteiger partial charge is 0.259 e. The number of fused-ring (bicyclic) bond motifs is 2. The van der Waals surface area contributed by atoms with Crippen molar-refractivity contribution in [2.45, 2.75) is 57.2 Å². The van der Waals surface area contributed by atoms with Crippen molar-refractivity contribution in [3.05, 3.63) is 94.2 Å². The topological polar surface area (TPSA) is 103 Å². The number of piperidine rings is 2. The predicted molar refractivity (Wildman–Crippen MR) is 156 cm³/mol. The predicted octanol–water partition coefficient (Wildman–Crippen LogP) is 3.43. The summed E-state index contributed by atoms with van der Waals surface area (Å²) in [5.41, 5.74) is 5.88. The average molecular weight is 564 g/mol. The molecule has 0 bridgehead atoms. The number of anilines is 1. The van der Waals surface area contributed by atoms with Crippen molar-refractivity contribution in [2.24, 2.45) is 0 Å². The number of rotatable bonds is 5. The number of nitrogens with zero attached hydrogens (tertiary/aromatic N) is 4. The quantitative estimate of drug-likeness (QED) is 0.478. The molecule has 2 saturated heterocycles. The number of imide groups is 1. The van der Waals surface area contributed by atoms with Crippen molar-refractivity contribution in [1.82, 2.24) is 20.1 Å². The van der Waals surface area contributed by atoms with Crippen LogP contribution in [0.15, 0.2) is 60.8 Å². The van der Waals surface area contributed by atoms with E-state index >= 15 is 0 Å². The van der Waals surface area contributed by atoms with Crippen LogP contribution >= 0.6 is 0 Å². The van der Waals surface area contributed by atoms with Gasteiger partial charge in [-0.1, -0.05) is 30.3 Å². The molecule has 4 aliphatic rings. The van der Waals surface area contributed by atoms with Crippen molar-refractivity contribution in [3.63, 3.8) is 0 Å². The van der Waals surface area contributed by atoms with Crippen LogP contribution in [0.2, 0.25) is 0 Å². The second-order valence-electron chi connectivity index (χ2n) is 11.8. The highest BCUT2D eigenvalue weighted by Gasteiger charge is 2.39. The number of likely N-dealkylation sites (tertiary alicyclic amines) is 1. The second kappa shape index (κ2) is 10.8. The molecule has 5 heterocycles. The van der Waals surface area contributed by atoms with Crippen molar-refractivity contribution < 1.29 is 19.2 Å². The minimum Gasteiger partial charge on any atom is -0.322 e. The van der Waals surface area contributed by atoms with Crippen LogP contribution in [-0.4, -0.2) is 64.1 Å². The van der Waals surface area contributed by atoms with E-state index in [1.807, 2.05) is 24.3 Å². The van der Waals surface area contributed by atoms with Crippen LogP contribution in [0, 0.1) is 0 Å². The molecule has 1 N–H and O–H groups in total. The molecule has 2 aromatic carbocycles. The zero-order valence-corrected chi connectivity index (χ0v) is 23.4. The number of carbonyl (C=O) groups excluding carboxylic acids is 4. The van der Waals surface area contributed by atoms with Gasteiger partial charge in [0.2, 0.25) is 11.8 Å². The van der Waals surface area contributed by atoms with E-state index in [4.69, 9.17) is 0 Å². The number of hydrogen-bond acceptors (Lipinski definition) is 6. The molecule has 1 aromatic heterocycles. The Morgan fingerprint density at radius 3 is 2.45 bits per heavy atom. The van der Waals surface area contributed by atoms with Gasteiger partial charge in [-0.3, -0.25) is 34.3 Å². The molecule has 4 amide bonds. The summed E-state index contributed by atoms with van der Waals surface area (Å²) in [7, 11) is 0. The molecule has 9 heteroatoms. The summed E-state index contributed by atoms with van der Waals surface area (Å²) in [5, 5.41) is 2.37. The van der Waals surface area contributed by atoms with E-state index in [-0.39, 0.29) is 30.0 Å². The zero-order valence-electron chi connectivity index (χ0n) is 23.4. The molecular formula is C33H33N5O4. The van der Waals surface area contributed by atoms with E-state index < -0.39 is 6.04 Å². The summed E-state index contributed by atoms with van der Waals surface area (Å²) in [6.07, 6.45) is 5.20. The SMILES string of the molecule is O=C1CCC(N2Cc3cc(C4CCN(Cc5ccc6c(c5)C(=O)N(c5ccccn5)CC6)CC4)ccc3C2=O)C(=O)N1. The normalized spacial score (nSPS) is 21.4.